The van der Waals surface area contributed by atoms with Gasteiger partial charge in [0.25, 0.3) is 0 Å². The molecule has 3 rings (SSSR count). The molecular weight excluding hydrogens is 524 g/mol. The van der Waals surface area contributed by atoms with E-state index in [4.69, 9.17) is 0 Å². The number of hydrogen-bond donors (Lipinski definition) is 2. The van der Waals surface area contributed by atoms with Gasteiger partial charge in [-0.25, -0.2) is 0 Å². The summed E-state index contributed by atoms with van der Waals surface area (Å²) in [5.74, 6) is 0.267. The summed E-state index contributed by atoms with van der Waals surface area (Å²) >= 11 is 8.91. The Labute approximate surface area is 200 Å². The zero-order valence-corrected chi connectivity index (χ0v) is 22.2. The third kappa shape index (κ3) is 4.63. The zero-order chi connectivity index (χ0) is 22.4. The number of halogens is 2. The normalized spacial score (nSPS) is 12.6. The van der Waals surface area contributed by atoms with Crippen molar-refractivity contribution in [3.63, 3.8) is 0 Å². The van der Waals surface area contributed by atoms with Crippen LogP contribution in [-0.4, -0.2) is 10.2 Å². The van der Waals surface area contributed by atoms with Gasteiger partial charge in [0.05, 0.1) is 5.92 Å². The van der Waals surface area contributed by atoms with Gasteiger partial charge in [0.15, 0.2) is 0 Å². The number of thiophene rings is 1. The molecule has 0 saturated carbocycles. The molecule has 2 N–H and O–H groups in total. The monoisotopic (exact) mass is 550 g/mol. The Hall–Kier alpha value is -1.30. The third-order valence-electron chi connectivity index (χ3n) is 5.27. The lowest BCUT2D eigenvalue weighted by Crippen LogP contribution is -2.15. The quantitative estimate of drug-likeness (QED) is 0.342. The minimum atomic E-state index is -0.290. The lowest BCUT2D eigenvalue weighted by atomic mass is 9.79. The maximum atomic E-state index is 11.4. The second-order valence-corrected chi connectivity index (χ2v) is 12.5. The van der Waals surface area contributed by atoms with Gasteiger partial charge < -0.3 is 10.2 Å². The van der Waals surface area contributed by atoms with E-state index in [1.807, 2.05) is 35.7 Å². The summed E-state index contributed by atoms with van der Waals surface area (Å²) in [5, 5.41) is 24.7. The SMILES string of the molecule is CC(C)(C)c1cc(Br)cc(C(c2cccs2)c2cc(Br)cc(C(C)(C)C)c2O)c1O. The van der Waals surface area contributed by atoms with E-state index >= 15 is 0 Å². The van der Waals surface area contributed by atoms with Gasteiger partial charge in [0, 0.05) is 36.1 Å². The van der Waals surface area contributed by atoms with E-state index in [0.717, 1.165) is 36.1 Å². The van der Waals surface area contributed by atoms with Crippen molar-refractivity contribution in [2.24, 2.45) is 0 Å². The molecule has 0 aliphatic heterocycles. The first kappa shape index (κ1) is 23.4. The Bertz CT molecular complexity index is 989. The van der Waals surface area contributed by atoms with Crippen molar-refractivity contribution in [2.75, 3.05) is 0 Å². The van der Waals surface area contributed by atoms with Gasteiger partial charge in [-0.05, 0) is 46.5 Å². The highest BCUT2D eigenvalue weighted by molar-refractivity contribution is 9.10. The topological polar surface area (TPSA) is 40.5 Å². The van der Waals surface area contributed by atoms with E-state index in [9.17, 15) is 10.2 Å². The molecule has 0 radical (unpaired) electrons. The summed E-state index contributed by atoms with van der Waals surface area (Å²) in [6.07, 6.45) is 0. The molecule has 5 heteroatoms. The second-order valence-electron chi connectivity index (χ2n) is 9.73. The molecule has 0 spiro atoms. The lowest BCUT2D eigenvalue weighted by Gasteiger charge is -2.28. The van der Waals surface area contributed by atoms with E-state index in [1.165, 1.54) is 0 Å². The summed E-state index contributed by atoms with van der Waals surface area (Å²) < 4.78 is 1.82. The number of phenolic OH excluding ortho intramolecular Hbond substituents is 2. The van der Waals surface area contributed by atoms with Crippen LogP contribution in [-0.2, 0) is 10.8 Å². The van der Waals surface area contributed by atoms with Gasteiger partial charge in [-0.15, -0.1) is 11.3 Å². The van der Waals surface area contributed by atoms with E-state index in [2.05, 4.69) is 79.5 Å². The fourth-order valence-electron chi connectivity index (χ4n) is 3.75. The first-order chi connectivity index (χ1) is 13.8. The second kappa shape index (κ2) is 8.33. The fourth-order valence-corrected chi connectivity index (χ4v) is 5.57. The standard InChI is InChI=1S/C25H28Br2O2S/c1-24(2,3)18-12-14(26)10-16(22(18)28)21(20-8-7-9-30-20)17-11-15(27)13-19(23(17)29)25(4,5)6/h7-13,21,28-29H,1-6H3. The van der Waals surface area contributed by atoms with E-state index in [1.54, 1.807) is 11.3 Å². The molecule has 2 aromatic carbocycles. The van der Waals surface area contributed by atoms with Crippen LogP contribution in [0.5, 0.6) is 11.5 Å². The van der Waals surface area contributed by atoms with Crippen molar-refractivity contribution in [3.8, 4) is 11.5 Å². The number of hydrogen-bond acceptors (Lipinski definition) is 3. The zero-order valence-electron chi connectivity index (χ0n) is 18.2. The molecular formula is C25H28Br2O2S. The van der Waals surface area contributed by atoms with Crippen molar-refractivity contribution in [2.45, 2.75) is 58.3 Å². The molecule has 30 heavy (non-hydrogen) atoms. The van der Waals surface area contributed by atoms with Gasteiger partial charge in [0.2, 0.25) is 0 Å². The van der Waals surface area contributed by atoms with Crippen LogP contribution in [0.15, 0.2) is 50.7 Å². The highest BCUT2D eigenvalue weighted by atomic mass is 79.9. The first-order valence-corrected chi connectivity index (χ1v) is 12.4. The van der Waals surface area contributed by atoms with Crippen molar-refractivity contribution in [3.05, 3.63) is 77.9 Å². The number of phenols is 2. The summed E-state index contributed by atoms with van der Waals surface area (Å²) in [5.41, 5.74) is 2.87. The molecule has 0 fully saturated rings. The van der Waals surface area contributed by atoms with Gasteiger partial charge >= 0.3 is 0 Å². The predicted octanol–water partition coefficient (Wildman–Crippen LogP) is 8.46. The highest BCUT2D eigenvalue weighted by Gasteiger charge is 2.31. The smallest absolute Gasteiger partial charge is 0.123 e. The number of aromatic hydroxyl groups is 2. The van der Waals surface area contributed by atoms with Crippen LogP contribution in [0.1, 0.15) is 74.6 Å². The minimum absolute atomic E-state index is 0.224. The van der Waals surface area contributed by atoms with Crippen LogP contribution in [0, 0.1) is 0 Å². The third-order valence-corrected chi connectivity index (χ3v) is 7.13. The van der Waals surface area contributed by atoms with Crippen LogP contribution in [0.4, 0.5) is 0 Å². The Morgan fingerprint density at radius 3 is 1.53 bits per heavy atom. The van der Waals surface area contributed by atoms with E-state index in [-0.39, 0.29) is 28.2 Å². The Balaban J connectivity index is 2.37. The molecule has 1 heterocycles. The molecule has 0 saturated heterocycles. The lowest BCUT2D eigenvalue weighted by molar-refractivity contribution is 0.432. The molecule has 0 aliphatic rings. The maximum absolute atomic E-state index is 11.4. The summed E-state index contributed by atoms with van der Waals surface area (Å²) in [6, 6.07) is 11.9. The van der Waals surface area contributed by atoms with Crippen molar-refractivity contribution in [1.82, 2.24) is 0 Å². The maximum Gasteiger partial charge on any atom is 0.123 e. The molecule has 0 aliphatic carbocycles. The highest BCUT2D eigenvalue weighted by Crippen LogP contribution is 2.48. The summed E-state index contributed by atoms with van der Waals surface area (Å²) in [7, 11) is 0. The number of rotatable bonds is 3. The molecule has 2 nitrogen and oxygen atoms in total. The van der Waals surface area contributed by atoms with Gasteiger partial charge in [0.1, 0.15) is 11.5 Å². The Kier molecular flexibility index (Phi) is 6.48. The van der Waals surface area contributed by atoms with Crippen LogP contribution in [0.3, 0.4) is 0 Å². The Morgan fingerprint density at radius 1 is 0.767 bits per heavy atom. The van der Waals surface area contributed by atoms with E-state index < -0.39 is 0 Å². The number of benzene rings is 2. The van der Waals surface area contributed by atoms with Gasteiger partial charge in [-0.2, -0.15) is 0 Å². The molecule has 0 atom stereocenters. The molecule has 1 aromatic heterocycles. The van der Waals surface area contributed by atoms with Crippen LogP contribution >= 0.6 is 43.2 Å². The van der Waals surface area contributed by atoms with Gasteiger partial charge in [-0.1, -0.05) is 79.5 Å². The van der Waals surface area contributed by atoms with E-state index in [0.29, 0.717) is 0 Å². The molecule has 0 amide bonds. The summed E-state index contributed by atoms with van der Waals surface area (Å²) in [4.78, 5) is 1.07. The average Bonchev–Trinajstić information content (AvgIpc) is 3.12. The molecule has 3 aromatic rings. The fraction of sp³-hybridized carbons (Fsp3) is 0.360. The van der Waals surface area contributed by atoms with Crippen LogP contribution in [0.2, 0.25) is 0 Å². The Morgan fingerprint density at radius 2 is 1.20 bits per heavy atom. The van der Waals surface area contributed by atoms with Crippen molar-refractivity contribution in [1.29, 1.82) is 0 Å². The van der Waals surface area contributed by atoms with Crippen LogP contribution in [0.25, 0.3) is 0 Å². The minimum Gasteiger partial charge on any atom is -0.507 e. The molecule has 0 unspecified atom stereocenters. The average molecular weight is 552 g/mol. The van der Waals surface area contributed by atoms with Gasteiger partial charge in [-0.3, -0.25) is 0 Å². The predicted molar refractivity (Wildman–Crippen MR) is 134 cm³/mol. The van der Waals surface area contributed by atoms with Crippen LogP contribution < -0.4 is 0 Å². The first-order valence-electron chi connectivity index (χ1n) is 9.90. The largest absolute Gasteiger partial charge is 0.507 e. The van der Waals surface area contributed by atoms with Crippen molar-refractivity contribution >= 4 is 43.2 Å². The van der Waals surface area contributed by atoms with Crippen molar-refractivity contribution < 1.29 is 10.2 Å². The summed E-state index contributed by atoms with van der Waals surface area (Å²) in [6.45, 7) is 12.5. The molecule has 160 valence electrons. The molecule has 0 bridgehead atoms.